The van der Waals surface area contributed by atoms with Crippen molar-refractivity contribution in [3.8, 4) is 0 Å². The van der Waals surface area contributed by atoms with E-state index >= 15 is 0 Å². The molecule has 0 bridgehead atoms. The van der Waals surface area contributed by atoms with Gasteiger partial charge >= 0.3 is 0 Å². The molecule has 1 aliphatic rings. The number of carbonyl (C=O) groups excluding carboxylic acids is 1. The Balaban J connectivity index is 2.01. The summed E-state index contributed by atoms with van der Waals surface area (Å²) in [4.78, 5) is 14.4. The van der Waals surface area contributed by atoms with E-state index in [9.17, 15) is 4.79 Å². The fourth-order valence-electron chi connectivity index (χ4n) is 3.00. The summed E-state index contributed by atoms with van der Waals surface area (Å²) in [6.07, 6.45) is 5.81. The van der Waals surface area contributed by atoms with Gasteiger partial charge in [0, 0.05) is 19.6 Å². The van der Waals surface area contributed by atoms with Crippen LogP contribution < -0.4 is 5.32 Å². The number of rotatable bonds is 5. The highest BCUT2D eigenvalue weighted by atomic mass is 16.2. The van der Waals surface area contributed by atoms with E-state index in [1.165, 1.54) is 19.3 Å². The third-order valence-electron chi connectivity index (χ3n) is 4.32. The number of nitrogens with zero attached hydrogens (tertiary/aromatic N) is 3. The van der Waals surface area contributed by atoms with Crippen LogP contribution in [-0.4, -0.2) is 40.6 Å². The zero-order chi connectivity index (χ0) is 15.2. The Morgan fingerprint density at radius 3 is 2.71 bits per heavy atom. The highest BCUT2D eigenvalue weighted by Gasteiger charge is 2.28. The van der Waals surface area contributed by atoms with E-state index in [0.717, 1.165) is 25.2 Å². The summed E-state index contributed by atoms with van der Waals surface area (Å²) in [7, 11) is 1.89. The van der Waals surface area contributed by atoms with Gasteiger partial charge in [-0.25, -0.2) is 0 Å². The Kier molecular flexibility index (Phi) is 5.53. The molecular formula is C16H26N4O. The van der Waals surface area contributed by atoms with Crippen LogP contribution in [0.25, 0.3) is 0 Å². The van der Waals surface area contributed by atoms with E-state index in [1.807, 2.05) is 18.0 Å². The number of hydrogen-bond acceptors (Lipinski definition) is 4. The van der Waals surface area contributed by atoms with Crippen LogP contribution in [0.2, 0.25) is 0 Å². The average molecular weight is 290 g/mol. The molecule has 1 aromatic rings. The summed E-state index contributed by atoms with van der Waals surface area (Å²) in [5.74, 6) is 1.26. The molecule has 0 saturated heterocycles. The van der Waals surface area contributed by atoms with E-state index in [-0.39, 0.29) is 5.91 Å². The van der Waals surface area contributed by atoms with Gasteiger partial charge in [0.1, 0.15) is 5.82 Å². The van der Waals surface area contributed by atoms with Crippen molar-refractivity contribution in [3.05, 3.63) is 17.8 Å². The minimum absolute atomic E-state index is 0.0247. The molecule has 2 unspecified atom stereocenters. The maximum atomic E-state index is 12.5. The Morgan fingerprint density at radius 2 is 2.10 bits per heavy atom. The maximum Gasteiger partial charge on any atom is 0.274 e. The molecule has 2 rings (SSSR count). The number of nitrogens with one attached hydrogen (secondary N) is 1. The van der Waals surface area contributed by atoms with Crippen LogP contribution in [0.1, 0.15) is 56.4 Å². The zero-order valence-corrected chi connectivity index (χ0v) is 13.3. The summed E-state index contributed by atoms with van der Waals surface area (Å²) in [6, 6.07) is 3.91. The molecule has 0 spiro atoms. The van der Waals surface area contributed by atoms with Gasteiger partial charge in [0.25, 0.3) is 5.91 Å². The lowest BCUT2D eigenvalue weighted by atomic mass is 9.85. The molecule has 5 nitrogen and oxygen atoms in total. The fraction of sp³-hybridized carbons (Fsp3) is 0.688. The van der Waals surface area contributed by atoms with Crippen molar-refractivity contribution in [3.63, 3.8) is 0 Å². The molecule has 1 saturated carbocycles. The van der Waals surface area contributed by atoms with E-state index in [4.69, 9.17) is 0 Å². The SMILES string of the molecule is CCCNc1ccc(C(=O)N(C)C2CCCCC2C)nn1. The molecule has 1 aromatic heterocycles. The van der Waals surface area contributed by atoms with Gasteiger partial charge in [-0.1, -0.05) is 26.7 Å². The van der Waals surface area contributed by atoms with Crippen molar-refractivity contribution in [2.24, 2.45) is 5.92 Å². The molecule has 21 heavy (non-hydrogen) atoms. The van der Waals surface area contributed by atoms with E-state index in [1.54, 1.807) is 6.07 Å². The third kappa shape index (κ3) is 3.93. The second-order valence-corrected chi connectivity index (χ2v) is 5.98. The van der Waals surface area contributed by atoms with Crippen LogP contribution in [0.4, 0.5) is 5.82 Å². The molecule has 0 aliphatic heterocycles. The van der Waals surface area contributed by atoms with Gasteiger partial charge in [-0.2, -0.15) is 0 Å². The smallest absolute Gasteiger partial charge is 0.274 e. The van der Waals surface area contributed by atoms with Crippen LogP contribution in [0.5, 0.6) is 0 Å². The van der Waals surface area contributed by atoms with Gasteiger partial charge in [-0.15, -0.1) is 10.2 Å². The van der Waals surface area contributed by atoms with Crippen molar-refractivity contribution in [2.75, 3.05) is 18.9 Å². The highest BCUT2D eigenvalue weighted by Crippen LogP contribution is 2.28. The number of hydrogen-bond donors (Lipinski definition) is 1. The molecule has 1 amide bonds. The summed E-state index contributed by atoms with van der Waals surface area (Å²) >= 11 is 0. The summed E-state index contributed by atoms with van der Waals surface area (Å²) in [5, 5.41) is 11.3. The van der Waals surface area contributed by atoms with Crippen LogP contribution in [0.15, 0.2) is 12.1 Å². The molecule has 0 aromatic carbocycles. The molecular weight excluding hydrogens is 264 g/mol. The minimum atomic E-state index is -0.0247. The van der Waals surface area contributed by atoms with Crippen LogP contribution in [-0.2, 0) is 0 Å². The summed E-state index contributed by atoms with van der Waals surface area (Å²) < 4.78 is 0. The lowest BCUT2D eigenvalue weighted by Gasteiger charge is -2.36. The van der Waals surface area contributed by atoms with Crippen molar-refractivity contribution >= 4 is 11.7 Å². The average Bonchev–Trinajstić information content (AvgIpc) is 2.52. The first-order valence-electron chi connectivity index (χ1n) is 7.98. The number of anilines is 1. The Morgan fingerprint density at radius 1 is 1.33 bits per heavy atom. The molecule has 1 fully saturated rings. The van der Waals surface area contributed by atoms with Crippen molar-refractivity contribution in [2.45, 2.75) is 52.0 Å². The quantitative estimate of drug-likeness (QED) is 0.906. The Labute approximate surface area is 127 Å². The van der Waals surface area contributed by atoms with Crippen molar-refractivity contribution < 1.29 is 4.79 Å². The normalized spacial score (nSPS) is 21.9. The predicted molar refractivity (Wildman–Crippen MR) is 84.3 cm³/mol. The first kappa shape index (κ1) is 15.7. The Bertz CT molecular complexity index is 460. The second-order valence-electron chi connectivity index (χ2n) is 5.98. The monoisotopic (exact) mass is 290 g/mol. The van der Waals surface area contributed by atoms with Gasteiger partial charge < -0.3 is 10.2 Å². The van der Waals surface area contributed by atoms with Crippen molar-refractivity contribution in [1.29, 1.82) is 0 Å². The largest absolute Gasteiger partial charge is 0.369 e. The zero-order valence-electron chi connectivity index (χ0n) is 13.3. The van der Waals surface area contributed by atoms with Gasteiger partial charge in [-0.05, 0) is 37.3 Å². The first-order chi connectivity index (χ1) is 10.1. The number of aromatic nitrogens is 2. The first-order valence-corrected chi connectivity index (χ1v) is 7.98. The Hall–Kier alpha value is -1.65. The predicted octanol–water partition coefficient (Wildman–Crippen LogP) is 2.95. The van der Waals surface area contributed by atoms with Crippen LogP contribution >= 0.6 is 0 Å². The van der Waals surface area contributed by atoms with Gasteiger partial charge in [0.15, 0.2) is 5.69 Å². The van der Waals surface area contributed by atoms with Gasteiger partial charge in [0.05, 0.1) is 0 Å². The second kappa shape index (κ2) is 7.38. The molecule has 1 N–H and O–H groups in total. The van der Waals surface area contributed by atoms with Gasteiger partial charge in [0.2, 0.25) is 0 Å². The van der Waals surface area contributed by atoms with E-state index in [2.05, 4.69) is 29.4 Å². The van der Waals surface area contributed by atoms with Crippen LogP contribution in [0, 0.1) is 5.92 Å². The topological polar surface area (TPSA) is 58.1 Å². The molecule has 2 atom stereocenters. The third-order valence-corrected chi connectivity index (χ3v) is 4.32. The number of amides is 1. The maximum absolute atomic E-state index is 12.5. The standard InChI is InChI=1S/C16H26N4O/c1-4-11-17-15-10-9-13(18-19-15)16(21)20(3)14-8-6-5-7-12(14)2/h9-10,12,14H,4-8,11H2,1-3H3,(H,17,19). The summed E-state index contributed by atoms with van der Waals surface area (Å²) in [5.41, 5.74) is 0.428. The highest BCUT2D eigenvalue weighted by molar-refractivity contribution is 5.92. The van der Waals surface area contributed by atoms with Gasteiger partial charge in [-0.3, -0.25) is 4.79 Å². The molecule has 1 aliphatic carbocycles. The van der Waals surface area contributed by atoms with Crippen molar-refractivity contribution in [1.82, 2.24) is 15.1 Å². The molecule has 116 valence electrons. The molecule has 5 heteroatoms. The number of carbonyl (C=O) groups is 1. The lowest BCUT2D eigenvalue weighted by Crippen LogP contribution is -2.43. The van der Waals surface area contributed by atoms with Crippen LogP contribution in [0.3, 0.4) is 0 Å². The van der Waals surface area contributed by atoms with E-state index in [0.29, 0.717) is 17.7 Å². The molecule has 0 radical (unpaired) electrons. The fourth-order valence-corrected chi connectivity index (χ4v) is 3.00. The minimum Gasteiger partial charge on any atom is -0.369 e. The van der Waals surface area contributed by atoms with E-state index < -0.39 is 0 Å². The molecule has 1 heterocycles. The lowest BCUT2D eigenvalue weighted by molar-refractivity contribution is 0.0622. The summed E-state index contributed by atoms with van der Waals surface area (Å²) in [6.45, 7) is 5.19.